The quantitative estimate of drug-likeness (QED) is 0.778. The molecule has 4 unspecified atom stereocenters. The lowest BCUT2D eigenvalue weighted by Crippen LogP contribution is -2.45. The predicted octanol–water partition coefficient (Wildman–Crippen LogP) is 4.49. The molecular weight excluding hydrogens is 348 g/mol. The van der Waals surface area contributed by atoms with Gasteiger partial charge in [0.2, 0.25) is 5.91 Å². The Morgan fingerprint density at radius 3 is 2.29 bits per heavy atom. The molecule has 148 valence electrons. The van der Waals surface area contributed by atoms with Crippen molar-refractivity contribution in [3.05, 3.63) is 71.8 Å². The van der Waals surface area contributed by atoms with Gasteiger partial charge in [-0.25, -0.2) is 0 Å². The molecule has 0 aliphatic heterocycles. The highest BCUT2D eigenvalue weighted by atomic mass is 16.2. The van der Waals surface area contributed by atoms with Gasteiger partial charge in [-0.1, -0.05) is 75.2 Å². The zero-order chi connectivity index (χ0) is 19.9. The van der Waals surface area contributed by atoms with Crippen LogP contribution in [-0.4, -0.2) is 17.9 Å². The molecule has 0 spiro atoms. The predicted molar refractivity (Wildman–Crippen MR) is 112 cm³/mol. The molecule has 2 aromatic carbocycles. The van der Waals surface area contributed by atoms with Crippen molar-refractivity contribution in [3.8, 4) is 0 Å². The third kappa shape index (κ3) is 5.22. The lowest BCUT2D eigenvalue weighted by atomic mass is 9.78. The Morgan fingerprint density at radius 1 is 0.964 bits per heavy atom. The van der Waals surface area contributed by atoms with Crippen LogP contribution >= 0.6 is 0 Å². The summed E-state index contributed by atoms with van der Waals surface area (Å²) in [5, 5.41) is 6.26. The average Bonchev–Trinajstić information content (AvgIpc) is 2.72. The number of rotatable bonds is 6. The van der Waals surface area contributed by atoms with Crippen LogP contribution in [0, 0.1) is 11.8 Å². The summed E-state index contributed by atoms with van der Waals surface area (Å²) in [6.45, 7) is 4.48. The molecule has 28 heavy (non-hydrogen) atoms. The van der Waals surface area contributed by atoms with Crippen LogP contribution in [0.1, 0.15) is 61.5 Å². The molecule has 2 amide bonds. The Balaban J connectivity index is 1.69. The average molecular weight is 379 g/mol. The third-order valence-electron chi connectivity index (χ3n) is 5.99. The van der Waals surface area contributed by atoms with Crippen LogP contribution in [0.4, 0.5) is 0 Å². The van der Waals surface area contributed by atoms with Crippen molar-refractivity contribution in [1.29, 1.82) is 0 Å². The van der Waals surface area contributed by atoms with E-state index in [1.165, 1.54) is 6.42 Å². The fourth-order valence-electron chi connectivity index (χ4n) is 4.01. The number of nitrogens with one attached hydrogen (secondary N) is 2. The van der Waals surface area contributed by atoms with E-state index >= 15 is 0 Å². The third-order valence-corrected chi connectivity index (χ3v) is 5.99. The summed E-state index contributed by atoms with van der Waals surface area (Å²) in [5.41, 5.74) is 1.53. The van der Waals surface area contributed by atoms with Crippen molar-refractivity contribution in [2.45, 2.75) is 51.6 Å². The standard InChI is InChI=1S/C24H30N2O2/c1-17-10-9-15-21(18(17)2)25-23(27)16-22(19-11-5-3-6-12-19)26-24(28)20-13-7-4-8-14-20/h3-8,11-14,17-18,21-22H,9-10,15-16H2,1-2H3,(H,25,27)(H,26,28). The van der Waals surface area contributed by atoms with E-state index in [4.69, 9.17) is 0 Å². The van der Waals surface area contributed by atoms with Gasteiger partial charge < -0.3 is 10.6 Å². The van der Waals surface area contributed by atoms with E-state index in [9.17, 15) is 9.59 Å². The number of amides is 2. The molecule has 2 aromatic rings. The molecule has 4 nitrogen and oxygen atoms in total. The van der Waals surface area contributed by atoms with E-state index in [-0.39, 0.29) is 30.3 Å². The molecule has 1 fully saturated rings. The van der Waals surface area contributed by atoms with Crippen molar-refractivity contribution < 1.29 is 9.59 Å². The first-order chi connectivity index (χ1) is 13.5. The minimum atomic E-state index is -0.356. The van der Waals surface area contributed by atoms with E-state index in [0.29, 0.717) is 17.4 Å². The minimum absolute atomic E-state index is 0.00633. The van der Waals surface area contributed by atoms with Crippen LogP contribution in [0.25, 0.3) is 0 Å². The molecule has 4 atom stereocenters. The van der Waals surface area contributed by atoms with Crippen LogP contribution in [0.15, 0.2) is 60.7 Å². The lowest BCUT2D eigenvalue weighted by Gasteiger charge is -2.35. The Morgan fingerprint density at radius 2 is 1.61 bits per heavy atom. The highest BCUT2D eigenvalue weighted by Crippen LogP contribution is 2.29. The molecule has 1 aliphatic carbocycles. The van der Waals surface area contributed by atoms with Crippen molar-refractivity contribution in [2.24, 2.45) is 11.8 Å². The maximum Gasteiger partial charge on any atom is 0.251 e. The second-order valence-electron chi connectivity index (χ2n) is 7.95. The van der Waals surface area contributed by atoms with Crippen LogP contribution < -0.4 is 10.6 Å². The van der Waals surface area contributed by atoms with Gasteiger partial charge >= 0.3 is 0 Å². The fourth-order valence-corrected chi connectivity index (χ4v) is 4.01. The fraction of sp³-hybridized carbons (Fsp3) is 0.417. The highest BCUT2D eigenvalue weighted by molar-refractivity contribution is 5.94. The Kier molecular flexibility index (Phi) is 6.85. The van der Waals surface area contributed by atoms with Crippen LogP contribution in [0.3, 0.4) is 0 Å². The Bertz CT molecular complexity index is 776. The molecule has 1 saturated carbocycles. The summed E-state index contributed by atoms with van der Waals surface area (Å²) < 4.78 is 0. The maximum atomic E-state index is 12.8. The normalized spacial score (nSPS) is 22.9. The summed E-state index contributed by atoms with van der Waals surface area (Å²) >= 11 is 0. The van der Waals surface area contributed by atoms with Gasteiger partial charge in [-0.2, -0.15) is 0 Å². The SMILES string of the molecule is CC1CCCC(NC(=O)CC(NC(=O)c2ccccc2)c2ccccc2)C1C. The van der Waals surface area contributed by atoms with Crippen molar-refractivity contribution in [1.82, 2.24) is 10.6 Å². The molecule has 0 radical (unpaired) electrons. The second kappa shape index (κ2) is 9.54. The van der Waals surface area contributed by atoms with Gasteiger partial charge in [0.05, 0.1) is 12.5 Å². The first-order valence-corrected chi connectivity index (χ1v) is 10.2. The molecular formula is C24H30N2O2. The van der Waals surface area contributed by atoms with E-state index in [0.717, 1.165) is 18.4 Å². The molecule has 0 bridgehead atoms. The number of benzene rings is 2. The molecule has 2 N–H and O–H groups in total. The summed E-state index contributed by atoms with van der Waals surface area (Å²) in [4.78, 5) is 25.5. The summed E-state index contributed by atoms with van der Waals surface area (Å²) in [7, 11) is 0. The van der Waals surface area contributed by atoms with Gasteiger partial charge in [-0.05, 0) is 36.0 Å². The van der Waals surface area contributed by atoms with Crippen LogP contribution in [0.2, 0.25) is 0 Å². The topological polar surface area (TPSA) is 58.2 Å². The first-order valence-electron chi connectivity index (χ1n) is 10.2. The number of carbonyl (C=O) groups excluding carboxylic acids is 2. The minimum Gasteiger partial charge on any atom is -0.353 e. The smallest absolute Gasteiger partial charge is 0.251 e. The van der Waals surface area contributed by atoms with Crippen molar-refractivity contribution in [3.63, 3.8) is 0 Å². The molecule has 4 heteroatoms. The Hall–Kier alpha value is -2.62. The van der Waals surface area contributed by atoms with Crippen molar-refractivity contribution >= 4 is 11.8 Å². The summed E-state index contributed by atoms with van der Waals surface area (Å²) in [6.07, 6.45) is 3.65. The molecule has 0 heterocycles. The highest BCUT2D eigenvalue weighted by Gasteiger charge is 2.29. The van der Waals surface area contributed by atoms with Crippen LogP contribution in [-0.2, 0) is 4.79 Å². The van der Waals surface area contributed by atoms with Gasteiger partial charge in [-0.3, -0.25) is 9.59 Å². The van der Waals surface area contributed by atoms with Crippen molar-refractivity contribution in [2.75, 3.05) is 0 Å². The van der Waals surface area contributed by atoms with Gasteiger partial charge in [0.15, 0.2) is 0 Å². The lowest BCUT2D eigenvalue weighted by molar-refractivity contribution is -0.123. The van der Waals surface area contributed by atoms with E-state index in [1.54, 1.807) is 12.1 Å². The molecule has 3 rings (SSSR count). The van der Waals surface area contributed by atoms with Gasteiger partial charge in [0.25, 0.3) is 5.91 Å². The van der Waals surface area contributed by atoms with Gasteiger partial charge in [-0.15, -0.1) is 0 Å². The van der Waals surface area contributed by atoms with E-state index < -0.39 is 0 Å². The number of hydrogen-bond donors (Lipinski definition) is 2. The molecule has 0 aromatic heterocycles. The Labute approximate surface area is 167 Å². The monoisotopic (exact) mass is 378 g/mol. The maximum absolute atomic E-state index is 12.8. The molecule has 1 aliphatic rings. The van der Waals surface area contributed by atoms with E-state index in [2.05, 4.69) is 24.5 Å². The number of carbonyl (C=O) groups is 2. The van der Waals surface area contributed by atoms with E-state index in [1.807, 2.05) is 48.5 Å². The molecule has 0 saturated heterocycles. The first kappa shape index (κ1) is 20.1. The van der Waals surface area contributed by atoms with Crippen LogP contribution in [0.5, 0.6) is 0 Å². The van der Waals surface area contributed by atoms with Gasteiger partial charge in [0.1, 0.15) is 0 Å². The zero-order valence-corrected chi connectivity index (χ0v) is 16.7. The zero-order valence-electron chi connectivity index (χ0n) is 16.7. The summed E-state index contributed by atoms with van der Waals surface area (Å²) in [6, 6.07) is 18.7. The van der Waals surface area contributed by atoms with Gasteiger partial charge in [0, 0.05) is 11.6 Å². The largest absolute Gasteiger partial charge is 0.353 e. The number of hydrogen-bond acceptors (Lipinski definition) is 2. The summed E-state index contributed by atoms with van der Waals surface area (Å²) in [5.74, 6) is 0.934. The second-order valence-corrected chi connectivity index (χ2v) is 7.95.